The summed E-state index contributed by atoms with van der Waals surface area (Å²) >= 11 is 0. The Morgan fingerprint density at radius 3 is 3.06 bits per heavy atom. The summed E-state index contributed by atoms with van der Waals surface area (Å²) in [5.41, 5.74) is 1.84. The molecule has 2 nitrogen and oxygen atoms in total. The fourth-order valence-electron chi connectivity index (χ4n) is 2.64. The molecule has 0 amide bonds. The van der Waals surface area contributed by atoms with Crippen LogP contribution in [-0.2, 0) is 6.42 Å². The lowest BCUT2D eigenvalue weighted by molar-refractivity contribution is 0.395. The molecule has 3 heteroatoms. The van der Waals surface area contributed by atoms with E-state index in [1.807, 2.05) is 18.3 Å². The van der Waals surface area contributed by atoms with Gasteiger partial charge in [-0.3, -0.25) is 0 Å². The molecule has 2 heterocycles. The van der Waals surface area contributed by atoms with Crippen LogP contribution in [0.15, 0.2) is 24.4 Å². The van der Waals surface area contributed by atoms with Crippen LogP contribution < -0.4 is 5.32 Å². The van der Waals surface area contributed by atoms with Gasteiger partial charge in [-0.25, -0.2) is 4.39 Å². The number of H-pyrrole nitrogens is 1. The number of nitrogens with one attached hydrogen (secondary N) is 2. The molecule has 1 aromatic carbocycles. The Hall–Kier alpha value is -1.35. The first-order valence-corrected chi connectivity index (χ1v) is 6.32. The third-order valence-corrected chi connectivity index (χ3v) is 3.60. The highest BCUT2D eigenvalue weighted by Gasteiger charge is 2.15. The molecule has 2 N–H and O–H groups in total. The highest BCUT2D eigenvalue weighted by molar-refractivity contribution is 5.80. The maximum atomic E-state index is 13.9. The summed E-state index contributed by atoms with van der Waals surface area (Å²) in [6.45, 7) is 1.07. The van der Waals surface area contributed by atoms with Crippen molar-refractivity contribution in [1.82, 2.24) is 10.3 Å². The zero-order chi connectivity index (χ0) is 11.7. The Balaban J connectivity index is 1.85. The first-order valence-electron chi connectivity index (χ1n) is 6.32. The van der Waals surface area contributed by atoms with Crippen molar-refractivity contribution in [3.8, 4) is 0 Å². The fraction of sp³-hybridized carbons (Fsp3) is 0.429. The van der Waals surface area contributed by atoms with Crippen LogP contribution in [0.3, 0.4) is 0 Å². The van der Waals surface area contributed by atoms with Gasteiger partial charge in [-0.15, -0.1) is 0 Å². The molecule has 0 saturated carbocycles. The van der Waals surface area contributed by atoms with Crippen molar-refractivity contribution in [3.05, 3.63) is 35.8 Å². The first-order chi connectivity index (χ1) is 8.33. The van der Waals surface area contributed by atoms with Gasteiger partial charge in [-0.1, -0.05) is 6.42 Å². The lowest BCUT2D eigenvalue weighted by Gasteiger charge is -2.23. The summed E-state index contributed by atoms with van der Waals surface area (Å²) in [5, 5.41) is 4.41. The van der Waals surface area contributed by atoms with E-state index in [0.29, 0.717) is 6.04 Å². The van der Waals surface area contributed by atoms with Gasteiger partial charge in [0.15, 0.2) is 0 Å². The summed E-state index contributed by atoms with van der Waals surface area (Å²) in [6, 6.07) is 5.91. The number of hydrogen-bond donors (Lipinski definition) is 2. The highest BCUT2D eigenvalue weighted by Crippen LogP contribution is 2.21. The maximum Gasteiger partial charge on any atom is 0.127 e. The molecule has 3 rings (SSSR count). The molecule has 1 unspecified atom stereocenters. The van der Waals surface area contributed by atoms with E-state index in [4.69, 9.17) is 0 Å². The van der Waals surface area contributed by atoms with E-state index in [0.717, 1.165) is 35.9 Å². The molecule has 0 spiro atoms. The molecule has 1 aliphatic heterocycles. The van der Waals surface area contributed by atoms with Crippen molar-refractivity contribution >= 4 is 10.9 Å². The predicted molar refractivity (Wildman–Crippen MR) is 67.6 cm³/mol. The average Bonchev–Trinajstić information content (AvgIpc) is 2.78. The first kappa shape index (κ1) is 10.8. The molecule has 17 heavy (non-hydrogen) atoms. The van der Waals surface area contributed by atoms with Gasteiger partial charge in [-0.05, 0) is 49.6 Å². The molecule has 0 bridgehead atoms. The molecule has 1 aliphatic rings. The van der Waals surface area contributed by atoms with Gasteiger partial charge in [0, 0.05) is 23.1 Å². The molecule has 1 fully saturated rings. The van der Waals surface area contributed by atoms with Crippen LogP contribution in [0.1, 0.15) is 24.8 Å². The van der Waals surface area contributed by atoms with Crippen LogP contribution >= 0.6 is 0 Å². The Morgan fingerprint density at radius 2 is 2.24 bits per heavy atom. The summed E-state index contributed by atoms with van der Waals surface area (Å²) < 4.78 is 13.9. The average molecular weight is 232 g/mol. The number of piperidine rings is 1. The van der Waals surface area contributed by atoms with Crippen LogP contribution in [0, 0.1) is 5.82 Å². The Kier molecular flexibility index (Phi) is 2.85. The van der Waals surface area contributed by atoms with Crippen molar-refractivity contribution in [1.29, 1.82) is 0 Å². The number of aromatic nitrogens is 1. The molecule has 1 saturated heterocycles. The SMILES string of the molecule is Fc1cc2cc[nH]c2cc1CC1CCCCN1. The van der Waals surface area contributed by atoms with Crippen molar-refractivity contribution in [2.75, 3.05) is 6.54 Å². The molecule has 0 radical (unpaired) electrons. The van der Waals surface area contributed by atoms with Gasteiger partial charge in [0.1, 0.15) is 5.82 Å². The minimum atomic E-state index is -0.0792. The summed E-state index contributed by atoms with van der Waals surface area (Å²) in [6.07, 6.45) is 6.30. The second kappa shape index (κ2) is 4.49. The lowest BCUT2D eigenvalue weighted by Crippen LogP contribution is -2.35. The van der Waals surface area contributed by atoms with Crippen LogP contribution in [0.2, 0.25) is 0 Å². The zero-order valence-electron chi connectivity index (χ0n) is 9.80. The largest absolute Gasteiger partial charge is 0.361 e. The second-order valence-electron chi connectivity index (χ2n) is 4.86. The van der Waals surface area contributed by atoms with E-state index in [1.54, 1.807) is 6.07 Å². The Bertz CT molecular complexity index is 512. The van der Waals surface area contributed by atoms with Crippen LogP contribution in [-0.4, -0.2) is 17.6 Å². The molecule has 1 aromatic heterocycles. The third kappa shape index (κ3) is 2.20. The normalized spacial score (nSPS) is 20.9. The van der Waals surface area contributed by atoms with E-state index < -0.39 is 0 Å². The Morgan fingerprint density at radius 1 is 1.29 bits per heavy atom. The topological polar surface area (TPSA) is 27.8 Å². The van der Waals surface area contributed by atoms with E-state index in [1.165, 1.54) is 12.8 Å². The summed E-state index contributed by atoms with van der Waals surface area (Å²) in [5.74, 6) is -0.0792. The second-order valence-corrected chi connectivity index (χ2v) is 4.86. The van der Waals surface area contributed by atoms with E-state index in [9.17, 15) is 4.39 Å². The molecular formula is C14H17FN2. The van der Waals surface area contributed by atoms with Crippen molar-refractivity contribution < 1.29 is 4.39 Å². The van der Waals surface area contributed by atoms with Crippen molar-refractivity contribution in [2.45, 2.75) is 31.7 Å². The van der Waals surface area contributed by atoms with Crippen molar-refractivity contribution in [3.63, 3.8) is 0 Å². The number of aromatic amines is 1. The van der Waals surface area contributed by atoms with Gasteiger partial charge in [-0.2, -0.15) is 0 Å². The van der Waals surface area contributed by atoms with Gasteiger partial charge in [0.25, 0.3) is 0 Å². The standard InChI is InChI=1S/C14H17FN2/c15-13-8-10-4-6-17-14(10)9-11(13)7-12-3-1-2-5-16-12/h4,6,8-9,12,16-17H,1-3,5,7H2. The summed E-state index contributed by atoms with van der Waals surface area (Å²) in [4.78, 5) is 3.14. The molecule has 2 aromatic rings. The quantitative estimate of drug-likeness (QED) is 0.818. The monoisotopic (exact) mass is 232 g/mol. The third-order valence-electron chi connectivity index (χ3n) is 3.60. The molecule has 0 aliphatic carbocycles. The predicted octanol–water partition coefficient (Wildman–Crippen LogP) is 2.99. The zero-order valence-corrected chi connectivity index (χ0v) is 9.80. The van der Waals surface area contributed by atoms with Gasteiger partial charge in [0.05, 0.1) is 0 Å². The van der Waals surface area contributed by atoms with Gasteiger partial charge >= 0.3 is 0 Å². The number of benzene rings is 1. The van der Waals surface area contributed by atoms with Gasteiger partial charge in [0.2, 0.25) is 0 Å². The van der Waals surface area contributed by atoms with E-state index in [2.05, 4.69) is 10.3 Å². The smallest absolute Gasteiger partial charge is 0.127 e. The number of hydrogen-bond acceptors (Lipinski definition) is 1. The van der Waals surface area contributed by atoms with E-state index in [-0.39, 0.29) is 5.82 Å². The minimum absolute atomic E-state index is 0.0792. The fourth-order valence-corrected chi connectivity index (χ4v) is 2.64. The van der Waals surface area contributed by atoms with Crippen LogP contribution in [0.25, 0.3) is 10.9 Å². The molecule has 1 atom stereocenters. The van der Waals surface area contributed by atoms with Crippen LogP contribution in [0.4, 0.5) is 4.39 Å². The van der Waals surface area contributed by atoms with Crippen LogP contribution in [0.5, 0.6) is 0 Å². The number of fused-ring (bicyclic) bond motifs is 1. The number of rotatable bonds is 2. The van der Waals surface area contributed by atoms with Crippen molar-refractivity contribution in [2.24, 2.45) is 0 Å². The maximum absolute atomic E-state index is 13.9. The lowest BCUT2D eigenvalue weighted by atomic mass is 9.97. The van der Waals surface area contributed by atoms with Gasteiger partial charge < -0.3 is 10.3 Å². The summed E-state index contributed by atoms with van der Waals surface area (Å²) in [7, 11) is 0. The minimum Gasteiger partial charge on any atom is -0.361 e. The van der Waals surface area contributed by atoms with E-state index >= 15 is 0 Å². The molecule has 90 valence electrons. The number of halogens is 1. The Labute approximate surface area is 100 Å². The highest BCUT2D eigenvalue weighted by atomic mass is 19.1. The molecular weight excluding hydrogens is 215 g/mol.